The molecule has 0 fully saturated rings. The Kier molecular flexibility index (Phi) is 4.62. The predicted octanol–water partition coefficient (Wildman–Crippen LogP) is 3.41. The van der Waals surface area contributed by atoms with Crippen molar-refractivity contribution in [3.05, 3.63) is 39.6 Å². The highest BCUT2D eigenvalue weighted by Gasteiger charge is 2.22. The van der Waals surface area contributed by atoms with Crippen molar-refractivity contribution in [1.29, 1.82) is 0 Å². The molecular weight excluding hydrogens is 294 g/mol. The molecule has 22 heavy (non-hydrogen) atoms. The average molecular weight is 317 g/mol. The minimum absolute atomic E-state index is 0.157. The predicted molar refractivity (Wildman–Crippen MR) is 89.2 cm³/mol. The normalized spacial score (nSPS) is 13.9. The van der Waals surface area contributed by atoms with E-state index < -0.39 is 0 Å². The van der Waals surface area contributed by atoms with E-state index >= 15 is 0 Å². The largest absolute Gasteiger partial charge is 0.337 e. The molecule has 1 aliphatic rings. The molecule has 3 rings (SSSR count). The second-order valence-corrected chi connectivity index (χ2v) is 7.08. The lowest BCUT2D eigenvalue weighted by Gasteiger charge is -2.21. The van der Waals surface area contributed by atoms with Crippen LogP contribution in [0.3, 0.4) is 0 Å². The number of carbonyl (C=O) groups excluding carboxylic acids is 1. The SMILES string of the molecule is CCCN(Cc1nccn1C)C(=O)c1cc2c(s1)CCCC2. The molecule has 0 unspecified atom stereocenters. The van der Waals surface area contributed by atoms with Crippen LogP contribution in [0.5, 0.6) is 0 Å². The van der Waals surface area contributed by atoms with Crippen molar-refractivity contribution in [3.63, 3.8) is 0 Å². The molecule has 0 bridgehead atoms. The number of fused-ring (bicyclic) bond motifs is 1. The Morgan fingerprint density at radius 3 is 2.91 bits per heavy atom. The van der Waals surface area contributed by atoms with Crippen molar-refractivity contribution in [3.8, 4) is 0 Å². The molecule has 1 amide bonds. The van der Waals surface area contributed by atoms with E-state index in [1.54, 1.807) is 17.5 Å². The molecule has 0 aliphatic heterocycles. The van der Waals surface area contributed by atoms with Crippen molar-refractivity contribution in [2.24, 2.45) is 7.05 Å². The fraction of sp³-hybridized carbons (Fsp3) is 0.529. The molecule has 2 aromatic rings. The number of aryl methyl sites for hydroxylation is 3. The zero-order valence-electron chi connectivity index (χ0n) is 13.3. The van der Waals surface area contributed by atoms with Crippen LogP contribution < -0.4 is 0 Å². The Hall–Kier alpha value is -1.62. The third-order valence-electron chi connectivity index (χ3n) is 4.24. The topological polar surface area (TPSA) is 38.1 Å². The van der Waals surface area contributed by atoms with E-state index in [-0.39, 0.29) is 5.91 Å². The van der Waals surface area contributed by atoms with Crippen LogP contribution in [-0.2, 0) is 26.4 Å². The van der Waals surface area contributed by atoms with Crippen LogP contribution >= 0.6 is 11.3 Å². The van der Waals surface area contributed by atoms with Crippen LogP contribution in [0, 0.1) is 0 Å². The summed E-state index contributed by atoms with van der Waals surface area (Å²) in [5, 5.41) is 0. The number of rotatable bonds is 5. The molecule has 4 nitrogen and oxygen atoms in total. The summed E-state index contributed by atoms with van der Waals surface area (Å²) in [4.78, 5) is 21.5. The molecule has 0 N–H and O–H groups in total. The molecule has 0 saturated carbocycles. The maximum absolute atomic E-state index is 12.9. The molecule has 0 spiro atoms. The van der Waals surface area contributed by atoms with Gasteiger partial charge in [-0.15, -0.1) is 11.3 Å². The zero-order chi connectivity index (χ0) is 15.5. The molecular formula is C17H23N3OS. The Bertz CT molecular complexity index is 635. The Balaban J connectivity index is 1.80. The smallest absolute Gasteiger partial charge is 0.264 e. The first-order valence-electron chi connectivity index (χ1n) is 8.06. The number of hydrogen-bond donors (Lipinski definition) is 0. The highest BCUT2D eigenvalue weighted by atomic mass is 32.1. The molecule has 1 aliphatic carbocycles. The van der Waals surface area contributed by atoms with Gasteiger partial charge >= 0.3 is 0 Å². The maximum Gasteiger partial charge on any atom is 0.264 e. The summed E-state index contributed by atoms with van der Waals surface area (Å²) >= 11 is 1.70. The molecule has 5 heteroatoms. The number of amides is 1. The molecule has 2 heterocycles. The van der Waals surface area contributed by atoms with Gasteiger partial charge in [0.1, 0.15) is 5.82 Å². The third kappa shape index (κ3) is 3.09. The second kappa shape index (κ2) is 6.65. The number of carbonyl (C=O) groups is 1. The second-order valence-electron chi connectivity index (χ2n) is 5.95. The van der Waals surface area contributed by atoms with Crippen LogP contribution in [0.4, 0.5) is 0 Å². The van der Waals surface area contributed by atoms with Gasteiger partial charge in [-0.05, 0) is 43.7 Å². The van der Waals surface area contributed by atoms with Crippen molar-refractivity contribution in [2.75, 3.05) is 6.54 Å². The third-order valence-corrected chi connectivity index (χ3v) is 5.47. The monoisotopic (exact) mass is 317 g/mol. The van der Waals surface area contributed by atoms with E-state index in [9.17, 15) is 4.79 Å². The first kappa shape index (κ1) is 15.3. The van der Waals surface area contributed by atoms with Crippen molar-refractivity contribution in [2.45, 2.75) is 45.6 Å². The van der Waals surface area contributed by atoms with E-state index in [4.69, 9.17) is 0 Å². The zero-order valence-corrected chi connectivity index (χ0v) is 14.2. The number of nitrogens with zero attached hydrogens (tertiary/aromatic N) is 3. The van der Waals surface area contributed by atoms with E-state index in [0.29, 0.717) is 6.54 Å². The van der Waals surface area contributed by atoms with E-state index in [1.807, 2.05) is 22.7 Å². The van der Waals surface area contributed by atoms with Crippen LogP contribution in [0.25, 0.3) is 0 Å². The summed E-state index contributed by atoms with van der Waals surface area (Å²) in [6, 6.07) is 2.13. The van der Waals surface area contributed by atoms with Gasteiger partial charge in [-0.1, -0.05) is 6.92 Å². The van der Waals surface area contributed by atoms with Gasteiger partial charge in [0.2, 0.25) is 0 Å². The Labute approximate surface area is 135 Å². The number of aromatic nitrogens is 2. The quantitative estimate of drug-likeness (QED) is 0.847. The minimum atomic E-state index is 0.157. The lowest BCUT2D eigenvalue weighted by atomic mass is 9.99. The van der Waals surface area contributed by atoms with Crippen LogP contribution in [0.1, 0.15) is 52.1 Å². The summed E-state index contributed by atoms with van der Waals surface area (Å²) in [5.41, 5.74) is 1.40. The lowest BCUT2D eigenvalue weighted by molar-refractivity contribution is 0.0742. The summed E-state index contributed by atoms with van der Waals surface area (Å²) in [5.74, 6) is 1.09. The van der Waals surface area contributed by atoms with Gasteiger partial charge in [0.25, 0.3) is 5.91 Å². The van der Waals surface area contributed by atoms with Crippen molar-refractivity contribution in [1.82, 2.24) is 14.5 Å². The molecule has 2 aromatic heterocycles. The van der Waals surface area contributed by atoms with Crippen molar-refractivity contribution >= 4 is 17.2 Å². The first-order chi connectivity index (χ1) is 10.7. The lowest BCUT2D eigenvalue weighted by Crippen LogP contribution is -2.31. The maximum atomic E-state index is 12.9. The van der Waals surface area contributed by atoms with Gasteiger partial charge in [0.15, 0.2) is 0 Å². The van der Waals surface area contributed by atoms with Crippen molar-refractivity contribution < 1.29 is 4.79 Å². The standard InChI is InChI=1S/C17H23N3OS/c1-3-9-20(12-16-18-8-10-19(16)2)17(21)15-11-13-6-4-5-7-14(13)22-15/h8,10-11H,3-7,9,12H2,1-2H3. The van der Waals surface area contributed by atoms with Gasteiger partial charge in [-0.3, -0.25) is 4.79 Å². The van der Waals surface area contributed by atoms with Gasteiger partial charge in [-0.2, -0.15) is 0 Å². The first-order valence-corrected chi connectivity index (χ1v) is 8.87. The summed E-state index contributed by atoms with van der Waals surface area (Å²) in [6.07, 6.45) is 9.45. The highest BCUT2D eigenvalue weighted by molar-refractivity contribution is 7.14. The van der Waals surface area contributed by atoms with Gasteiger partial charge < -0.3 is 9.47 Å². The fourth-order valence-corrected chi connectivity index (χ4v) is 4.22. The summed E-state index contributed by atoms with van der Waals surface area (Å²) in [7, 11) is 1.97. The molecule has 0 radical (unpaired) electrons. The van der Waals surface area contributed by atoms with E-state index in [2.05, 4.69) is 18.0 Å². The Morgan fingerprint density at radius 1 is 1.41 bits per heavy atom. The fourth-order valence-electron chi connectivity index (χ4n) is 2.99. The molecule has 0 atom stereocenters. The minimum Gasteiger partial charge on any atom is -0.337 e. The highest BCUT2D eigenvalue weighted by Crippen LogP contribution is 2.30. The molecule has 118 valence electrons. The van der Waals surface area contributed by atoms with Gasteiger partial charge in [0, 0.05) is 30.9 Å². The van der Waals surface area contributed by atoms with Crippen LogP contribution in [-0.4, -0.2) is 26.9 Å². The van der Waals surface area contributed by atoms with Crippen LogP contribution in [0.15, 0.2) is 18.5 Å². The summed E-state index contributed by atoms with van der Waals surface area (Å²) in [6.45, 7) is 3.46. The van der Waals surface area contributed by atoms with E-state index in [0.717, 1.165) is 36.5 Å². The van der Waals surface area contributed by atoms with Gasteiger partial charge in [0.05, 0.1) is 11.4 Å². The van der Waals surface area contributed by atoms with Crippen LogP contribution in [0.2, 0.25) is 0 Å². The van der Waals surface area contributed by atoms with E-state index in [1.165, 1.54) is 23.3 Å². The summed E-state index contributed by atoms with van der Waals surface area (Å²) < 4.78 is 1.98. The average Bonchev–Trinajstić information content (AvgIpc) is 3.12. The number of hydrogen-bond acceptors (Lipinski definition) is 3. The number of imidazole rings is 1. The van der Waals surface area contributed by atoms with Gasteiger partial charge in [-0.25, -0.2) is 4.98 Å². The Morgan fingerprint density at radius 2 is 2.23 bits per heavy atom. The number of thiophene rings is 1. The molecule has 0 aromatic carbocycles. The molecule has 0 saturated heterocycles.